The van der Waals surface area contributed by atoms with Crippen LogP contribution in [0.2, 0.25) is 0 Å². The van der Waals surface area contributed by atoms with Crippen LogP contribution in [-0.4, -0.2) is 19.6 Å². The zero-order valence-electron chi connectivity index (χ0n) is 13.8. The van der Waals surface area contributed by atoms with Gasteiger partial charge in [0.25, 0.3) is 5.91 Å². The van der Waals surface area contributed by atoms with Crippen LogP contribution in [0.3, 0.4) is 0 Å². The van der Waals surface area contributed by atoms with E-state index in [-0.39, 0.29) is 5.69 Å². The minimum Gasteiger partial charge on any atom is -0.493 e. The molecule has 2 rings (SSSR count). The molecular formula is C18H18F3NO3. The van der Waals surface area contributed by atoms with Gasteiger partial charge in [-0.2, -0.15) is 13.2 Å². The Morgan fingerprint density at radius 1 is 1.08 bits per heavy atom. The van der Waals surface area contributed by atoms with Crippen molar-refractivity contribution in [2.24, 2.45) is 0 Å². The Morgan fingerprint density at radius 2 is 1.76 bits per heavy atom. The molecule has 0 aliphatic rings. The molecule has 0 atom stereocenters. The largest absolute Gasteiger partial charge is 0.493 e. The number of benzene rings is 2. The number of alkyl halides is 3. The minimum atomic E-state index is -4.41. The normalized spacial score (nSPS) is 11.1. The number of carbonyl (C=O) groups excluding carboxylic acids is 1. The molecule has 134 valence electrons. The van der Waals surface area contributed by atoms with E-state index < -0.39 is 17.6 Å². The van der Waals surface area contributed by atoms with Gasteiger partial charge >= 0.3 is 6.18 Å². The Hall–Kier alpha value is -2.70. The molecule has 0 aliphatic heterocycles. The van der Waals surface area contributed by atoms with E-state index in [1.807, 2.05) is 6.92 Å². The first kappa shape index (κ1) is 18.6. The third kappa shape index (κ3) is 4.89. The number of hydrogen-bond donors (Lipinski definition) is 1. The minimum absolute atomic E-state index is 0.267. The fourth-order valence-corrected chi connectivity index (χ4v) is 2.09. The molecule has 1 N–H and O–H groups in total. The molecule has 1 amide bonds. The predicted molar refractivity (Wildman–Crippen MR) is 88.2 cm³/mol. The van der Waals surface area contributed by atoms with Gasteiger partial charge in [0.2, 0.25) is 0 Å². The van der Waals surface area contributed by atoms with Gasteiger partial charge in [-0.15, -0.1) is 0 Å². The summed E-state index contributed by atoms with van der Waals surface area (Å²) in [6, 6.07) is 8.94. The number of rotatable bonds is 6. The Balaban J connectivity index is 2.12. The smallest absolute Gasteiger partial charge is 0.416 e. The van der Waals surface area contributed by atoms with Gasteiger partial charge in [-0.3, -0.25) is 4.79 Å². The van der Waals surface area contributed by atoms with Crippen molar-refractivity contribution in [3.63, 3.8) is 0 Å². The fraction of sp³-hybridized carbons (Fsp3) is 0.278. The summed E-state index contributed by atoms with van der Waals surface area (Å²) in [5.41, 5.74) is -0.200. The monoisotopic (exact) mass is 353 g/mol. The lowest BCUT2D eigenvalue weighted by Crippen LogP contribution is -2.13. The molecule has 0 aromatic heterocycles. The average molecular weight is 353 g/mol. The lowest BCUT2D eigenvalue weighted by Gasteiger charge is -2.12. The first-order chi connectivity index (χ1) is 11.8. The summed E-state index contributed by atoms with van der Waals surface area (Å²) >= 11 is 0. The SMILES string of the molecule is CCCOc1ccc(C(=O)Nc2ccc(C(F)(F)F)cc2)cc1OC. The maximum atomic E-state index is 12.5. The van der Waals surface area contributed by atoms with Gasteiger partial charge in [-0.05, 0) is 48.9 Å². The maximum Gasteiger partial charge on any atom is 0.416 e. The Bertz CT molecular complexity index is 727. The van der Waals surface area contributed by atoms with Gasteiger partial charge in [-0.25, -0.2) is 0 Å². The van der Waals surface area contributed by atoms with Gasteiger partial charge < -0.3 is 14.8 Å². The third-order valence-corrected chi connectivity index (χ3v) is 3.36. The van der Waals surface area contributed by atoms with E-state index in [1.165, 1.54) is 25.3 Å². The van der Waals surface area contributed by atoms with E-state index >= 15 is 0 Å². The zero-order valence-corrected chi connectivity index (χ0v) is 13.8. The number of halogens is 3. The highest BCUT2D eigenvalue weighted by Gasteiger charge is 2.30. The highest BCUT2D eigenvalue weighted by atomic mass is 19.4. The third-order valence-electron chi connectivity index (χ3n) is 3.36. The summed E-state index contributed by atoms with van der Waals surface area (Å²) in [4.78, 5) is 12.3. The summed E-state index contributed by atoms with van der Waals surface area (Å²) in [6.45, 7) is 2.49. The van der Waals surface area contributed by atoms with Gasteiger partial charge in [0.05, 0.1) is 19.3 Å². The van der Waals surface area contributed by atoms with Crippen LogP contribution in [0, 0.1) is 0 Å². The first-order valence-electron chi connectivity index (χ1n) is 7.64. The summed E-state index contributed by atoms with van der Waals surface area (Å²) < 4.78 is 48.3. The van der Waals surface area contributed by atoms with Gasteiger partial charge in [0.1, 0.15) is 0 Å². The van der Waals surface area contributed by atoms with Crippen molar-refractivity contribution >= 4 is 11.6 Å². The van der Waals surface area contributed by atoms with Crippen molar-refractivity contribution in [3.05, 3.63) is 53.6 Å². The number of nitrogens with one attached hydrogen (secondary N) is 1. The van der Waals surface area contributed by atoms with Crippen LogP contribution in [0.15, 0.2) is 42.5 Å². The lowest BCUT2D eigenvalue weighted by atomic mass is 10.1. The van der Waals surface area contributed by atoms with Crippen molar-refractivity contribution in [3.8, 4) is 11.5 Å². The van der Waals surface area contributed by atoms with Crippen molar-refractivity contribution in [1.82, 2.24) is 0 Å². The summed E-state index contributed by atoms with van der Waals surface area (Å²) in [7, 11) is 1.46. The summed E-state index contributed by atoms with van der Waals surface area (Å²) in [5, 5.41) is 2.55. The molecule has 7 heteroatoms. The molecule has 0 bridgehead atoms. The highest BCUT2D eigenvalue weighted by molar-refractivity contribution is 6.04. The number of amides is 1. The quantitative estimate of drug-likeness (QED) is 0.815. The van der Waals surface area contributed by atoms with Crippen LogP contribution in [0.5, 0.6) is 11.5 Å². The van der Waals surface area contributed by atoms with Crippen molar-refractivity contribution in [2.75, 3.05) is 19.0 Å². The lowest BCUT2D eigenvalue weighted by molar-refractivity contribution is -0.137. The van der Waals surface area contributed by atoms with Crippen molar-refractivity contribution in [2.45, 2.75) is 19.5 Å². The van der Waals surface area contributed by atoms with E-state index in [0.717, 1.165) is 18.6 Å². The number of carbonyl (C=O) groups is 1. The Kier molecular flexibility index (Phi) is 5.90. The molecule has 0 fully saturated rings. The summed E-state index contributed by atoms with van der Waals surface area (Å²) in [6.07, 6.45) is -3.58. The fourth-order valence-electron chi connectivity index (χ4n) is 2.09. The Labute approximate surface area is 143 Å². The van der Waals surface area contributed by atoms with Crippen LogP contribution in [0.25, 0.3) is 0 Å². The van der Waals surface area contributed by atoms with Gasteiger partial charge in [0.15, 0.2) is 11.5 Å². The highest BCUT2D eigenvalue weighted by Crippen LogP contribution is 2.31. The maximum absolute atomic E-state index is 12.5. The van der Waals surface area contributed by atoms with Crippen molar-refractivity contribution < 1.29 is 27.4 Å². The molecule has 0 saturated carbocycles. The molecule has 25 heavy (non-hydrogen) atoms. The number of ether oxygens (including phenoxy) is 2. The van der Waals surface area contributed by atoms with E-state index in [4.69, 9.17) is 9.47 Å². The molecule has 0 radical (unpaired) electrons. The van der Waals surface area contributed by atoms with Crippen molar-refractivity contribution in [1.29, 1.82) is 0 Å². The van der Waals surface area contributed by atoms with E-state index in [2.05, 4.69) is 5.32 Å². The Morgan fingerprint density at radius 3 is 2.32 bits per heavy atom. The second kappa shape index (κ2) is 7.92. The van der Waals surface area contributed by atoms with Crippen LogP contribution in [0.1, 0.15) is 29.3 Å². The molecule has 0 spiro atoms. The standard InChI is InChI=1S/C18H18F3NO3/c1-3-10-25-15-9-4-12(11-16(15)24-2)17(23)22-14-7-5-13(6-8-14)18(19,20)21/h4-9,11H,3,10H2,1-2H3,(H,22,23). The second-order valence-corrected chi connectivity index (χ2v) is 5.24. The van der Waals surface area contributed by atoms with Crippen LogP contribution in [0.4, 0.5) is 18.9 Å². The number of methoxy groups -OCH3 is 1. The average Bonchev–Trinajstić information content (AvgIpc) is 2.59. The molecule has 0 aliphatic carbocycles. The first-order valence-corrected chi connectivity index (χ1v) is 7.64. The molecule has 0 unspecified atom stereocenters. The predicted octanol–water partition coefficient (Wildman–Crippen LogP) is 4.76. The molecular weight excluding hydrogens is 335 g/mol. The van der Waals surface area contributed by atoms with E-state index in [9.17, 15) is 18.0 Å². The van der Waals surface area contributed by atoms with Crippen LogP contribution < -0.4 is 14.8 Å². The van der Waals surface area contributed by atoms with E-state index in [0.29, 0.717) is 23.7 Å². The van der Waals surface area contributed by atoms with Crippen LogP contribution in [-0.2, 0) is 6.18 Å². The molecule has 0 heterocycles. The zero-order chi connectivity index (χ0) is 18.4. The van der Waals surface area contributed by atoms with Gasteiger partial charge in [-0.1, -0.05) is 6.92 Å². The number of hydrogen-bond acceptors (Lipinski definition) is 3. The second-order valence-electron chi connectivity index (χ2n) is 5.24. The molecule has 2 aromatic rings. The number of anilines is 1. The van der Waals surface area contributed by atoms with Gasteiger partial charge in [0, 0.05) is 11.3 Å². The summed E-state index contributed by atoms with van der Waals surface area (Å²) in [5.74, 6) is 0.476. The van der Waals surface area contributed by atoms with Crippen LogP contribution >= 0.6 is 0 Å². The molecule has 2 aromatic carbocycles. The topological polar surface area (TPSA) is 47.6 Å². The molecule has 4 nitrogen and oxygen atoms in total. The van der Waals surface area contributed by atoms with E-state index in [1.54, 1.807) is 12.1 Å². The molecule has 0 saturated heterocycles.